The van der Waals surface area contributed by atoms with E-state index in [-0.39, 0.29) is 5.57 Å². The number of anilines is 1. The number of hydrazine groups is 1. The van der Waals surface area contributed by atoms with Gasteiger partial charge >= 0.3 is 0 Å². The van der Waals surface area contributed by atoms with Crippen LogP contribution in [0.4, 0.5) is 14.5 Å². The first kappa shape index (κ1) is 18.8. The topological polar surface area (TPSA) is 71.2 Å². The molecule has 1 aromatic carbocycles. The number of pyridine rings is 1. The summed E-state index contributed by atoms with van der Waals surface area (Å²) in [5.41, 5.74) is 1.77. The van der Waals surface area contributed by atoms with Crippen LogP contribution in [0.15, 0.2) is 54.4 Å². The van der Waals surface area contributed by atoms with Crippen molar-refractivity contribution in [1.82, 2.24) is 9.99 Å². The SMILES string of the molecule is CN(N)/C=C(\CC(F)F)C(=O)Nc1ccccc1-c1ccc(Cl)nc1. The smallest absolute Gasteiger partial charge is 0.253 e. The number of benzene rings is 1. The maximum atomic E-state index is 12.7. The number of carbonyl (C=O) groups is 1. The van der Waals surface area contributed by atoms with Crippen molar-refractivity contribution in [3.63, 3.8) is 0 Å². The summed E-state index contributed by atoms with van der Waals surface area (Å²) in [5.74, 6) is 4.80. The number of alkyl halides is 2. The molecule has 0 fully saturated rings. The molecular weight excluding hydrogens is 350 g/mol. The van der Waals surface area contributed by atoms with Gasteiger partial charge in [-0.05, 0) is 18.2 Å². The third-order valence-corrected chi connectivity index (χ3v) is 3.46. The van der Waals surface area contributed by atoms with Gasteiger partial charge in [-0.3, -0.25) is 4.79 Å². The molecule has 2 aromatic rings. The zero-order valence-electron chi connectivity index (χ0n) is 13.4. The summed E-state index contributed by atoms with van der Waals surface area (Å²) in [7, 11) is 1.45. The summed E-state index contributed by atoms with van der Waals surface area (Å²) in [6.45, 7) is 0. The summed E-state index contributed by atoms with van der Waals surface area (Å²) >= 11 is 5.79. The van der Waals surface area contributed by atoms with Crippen molar-refractivity contribution in [2.45, 2.75) is 12.8 Å². The molecule has 25 heavy (non-hydrogen) atoms. The average Bonchev–Trinajstić information content (AvgIpc) is 2.55. The molecule has 0 unspecified atom stereocenters. The minimum Gasteiger partial charge on any atom is -0.322 e. The summed E-state index contributed by atoms with van der Waals surface area (Å²) < 4.78 is 25.4. The van der Waals surface area contributed by atoms with Gasteiger partial charge in [0.1, 0.15) is 5.15 Å². The molecule has 0 saturated carbocycles. The fourth-order valence-electron chi connectivity index (χ4n) is 2.20. The molecule has 3 N–H and O–H groups in total. The summed E-state index contributed by atoms with van der Waals surface area (Å²) in [4.78, 5) is 16.4. The molecule has 0 aliphatic rings. The Balaban J connectivity index is 2.30. The lowest BCUT2D eigenvalue weighted by atomic mass is 10.1. The van der Waals surface area contributed by atoms with E-state index in [0.29, 0.717) is 16.4 Å². The van der Waals surface area contributed by atoms with Gasteiger partial charge in [-0.1, -0.05) is 29.8 Å². The number of hydrogen-bond acceptors (Lipinski definition) is 4. The van der Waals surface area contributed by atoms with Crippen molar-refractivity contribution in [1.29, 1.82) is 0 Å². The van der Waals surface area contributed by atoms with E-state index >= 15 is 0 Å². The van der Waals surface area contributed by atoms with Crippen molar-refractivity contribution >= 4 is 23.2 Å². The van der Waals surface area contributed by atoms with Crippen LogP contribution in [0.2, 0.25) is 5.15 Å². The van der Waals surface area contributed by atoms with Crippen molar-refractivity contribution in [2.75, 3.05) is 12.4 Å². The van der Waals surface area contributed by atoms with Gasteiger partial charge in [-0.15, -0.1) is 0 Å². The molecule has 8 heteroatoms. The Bertz CT molecular complexity index is 763. The van der Waals surface area contributed by atoms with E-state index < -0.39 is 18.8 Å². The molecule has 0 atom stereocenters. The van der Waals surface area contributed by atoms with E-state index in [0.717, 1.165) is 10.6 Å². The van der Waals surface area contributed by atoms with Gasteiger partial charge in [0.15, 0.2) is 0 Å². The molecule has 0 saturated heterocycles. The maximum absolute atomic E-state index is 12.7. The van der Waals surface area contributed by atoms with Crippen LogP contribution in [0.1, 0.15) is 6.42 Å². The molecule has 2 rings (SSSR count). The predicted octanol–water partition coefficient (Wildman–Crippen LogP) is 3.69. The number of amides is 1. The number of rotatable bonds is 6. The Morgan fingerprint density at radius 1 is 1.36 bits per heavy atom. The van der Waals surface area contributed by atoms with Crippen LogP contribution < -0.4 is 11.2 Å². The summed E-state index contributed by atoms with van der Waals surface area (Å²) in [6, 6.07) is 10.4. The summed E-state index contributed by atoms with van der Waals surface area (Å²) in [6.07, 6.45) is -0.615. The Kier molecular flexibility index (Phi) is 6.44. The third kappa shape index (κ3) is 5.51. The van der Waals surface area contributed by atoms with Crippen molar-refractivity contribution < 1.29 is 13.6 Å². The molecule has 132 valence electrons. The highest BCUT2D eigenvalue weighted by Crippen LogP contribution is 2.28. The zero-order valence-corrected chi connectivity index (χ0v) is 14.2. The third-order valence-electron chi connectivity index (χ3n) is 3.24. The Hall–Kier alpha value is -2.51. The Labute approximate surface area is 149 Å². The van der Waals surface area contributed by atoms with E-state index in [9.17, 15) is 13.6 Å². The average molecular weight is 367 g/mol. The summed E-state index contributed by atoms with van der Waals surface area (Å²) in [5, 5.41) is 4.06. The lowest BCUT2D eigenvalue weighted by molar-refractivity contribution is -0.113. The van der Waals surface area contributed by atoms with Gasteiger partial charge < -0.3 is 10.3 Å². The van der Waals surface area contributed by atoms with Crippen molar-refractivity contribution in [2.24, 2.45) is 5.84 Å². The molecule has 0 radical (unpaired) electrons. The van der Waals surface area contributed by atoms with Crippen LogP contribution in [0.25, 0.3) is 11.1 Å². The van der Waals surface area contributed by atoms with Gasteiger partial charge in [-0.2, -0.15) is 0 Å². The molecule has 0 aliphatic heterocycles. The monoisotopic (exact) mass is 366 g/mol. The van der Waals surface area contributed by atoms with Crippen molar-refractivity contribution in [3.8, 4) is 11.1 Å². The number of para-hydroxylation sites is 1. The van der Waals surface area contributed by atoms with Gasteiger partial charge in [0, 0.05) is 48.3 Å². The van der Waals surface area contributed by atoms with Crippen LogP contribution in [-0.2, 0) is 4.79 Å². The number of nitrogens with two attached hydrogens (primary N) is 1. The van der Waals surface area contributed by atoms with Crippen LogP contribution in [0.5, 0.6) is 0 Å². The standard InChI is InChI=1S/C17H17ClF2N4O/c1-24(21)10-12(8-16(19)20)17(25)23-14-5-3-2-4-13(14)11-6-7-15(18)22-9-11/h2-7,9-10,16H,8,21H2,1H3,(H,23,25)/b12-10+. The van der Waals surface area contributed by atoms with Crippen LogP contribution in [0, 0.1) is 0 Å². The second-order valence-corrected chi connectivity index (χ2v) is 5.67. The van der Waals surface area contributed by atoms with E-state index in [1.807, 2.05) is 0 Å². The molecule has 0 bridgehead atoms. The number of nitrogens with zero attached hydrogens (tertiary/aromatic N) is 2. The van der Waals surface area contributed by atoms with Crippen molar-refractivity contribution in [3.05, 3.63) is 59.5 Å². The van der Waals surface area contributed by atoms with Gasteiger partial charge in [0.2, 0.25) is 6.43 Å². The molecular formula is C17H17ClF2N4O. The lowest BCUT2D eigenvalue weighted by Crippen LogP contribution is -2.24. The predicted molar refractivity (Wildman–Crippen MR) is 94.0 cm³/mol. The maximum Gasteiger partial charge on any atom is 0.253 e. The van der Waals surface area contributed by atoms with E-state index in [1.54, 1.807) is 42.6 Å². The second kappa shape index (κ2) is 8.55. The highest BCUT2D eigenvalue weighted by atomic mass is 35.5. The lowest BCUT2D eigenvalue weighted by Gasteiger charge is -2.14. The van der Waals surface area contributed by atoms with E-state index in [4.69, 9.17) is 17.4 Å². The Morgan fingerprint density at radius 2 is 2.08 bits per heavy atom. The van der Waals surface area contributed by atoms with Crippen LogP contribution >= 0.6 is 11.6 Å². The van der Waals surface area contributed by atoms with Gasteiger partial charge in [0.05, 0.1) is 0 Å². The van der Waals surface area contributed by atoms with Gasteiger partial charge in [0.25, 0.3) is 5.91 Å². The fraction of sp³-hybridized carbons (Fsp3) is 0.176. The first-order valence-corrected chi connectivity index (χ1v) is 7.73. The highest BCUT2D eigenvalue weighted by molar-refractivity contribution is 6.29. The minimum atomic E-state index is -2.66. The quantitative estimate of drug-likeness (QED) is 0.354. The Morgan fingerprint density at radius 3 is 2.68 bits per heavy atom. The van der Waals surface area contributed by atoms with E-state index in [2.05, 4.69) is 10.3 Å². The molecule has 0 spiro atoms. The first-order chi connectivity index (χ1) is 11.9. The molecule has 1 amide bonds. The van der Waals surface area contributed by atoms with Crippen LogP contribution in [0.3, 0.4) is 0 Å². The first-order valence-electron chi connectivity index (χ1n) is 7.35. The van der Waals surface area contributed by atoms with Crippen LogP contribution in [-0.4, -0.2) is 29.4 Å². The van der Waals surface area contributed by atoms with E-state index in [1.165, 1.54) is 13.2 Å². The largest absolute Gasteiger partial charge is 0.322 e. The number of carbonyl (C=O) groups excluding carboxylic acids is 1. The number of halogens is 3. The van der Waals surface area contributed by atoms with Gasteiger partial charge in [-0.25, -0.2) is 19.6 Å². The molecule has 1 heterocycles. The second-order valence-electron chi connectivity index (χ2n) is 5.28. The number of aromatic nitrogens is 1. The normalized spacial score (nSPS) is 11.5. The molecule has 1 aromatic heterocycles. The number of nitrogens with one attached hydrogen (secondary N) is 1. The molecule has 5 nitrogen and oxygen atoms in total. The fourth-order valence-corrected chi connectivity index (χ4v) is 2.31. The highest BCUT2D eigenvalue weighted by Gasteiger charge is 2.17. The molecule has 0 aliphatic carbocycles. The number of hydrogen-bond donors (Lipinski definition) is 2. The zero-order chi connectivity index (χ0) is 18.4. The minimum absolute atomic E-state index is 0.121.